The first-order chi connectivity index (χ1) is 8.38. The van der Waals surface area contributed by atoms with E-state index in [1.807, 2.05) is 0 Å². The van der Waals surface area contributed by atoms with Gasteiger partial charge in [0.2, 0.25) is 0 Å². The zero-order chi connectivity index (χ0) is 13.9. The van der Waals surface area contributed by atoms with Crippen LogP contribution in [0.2, 0.25) is 0 Å². The maximum atomic E-state index is 10.5. The van der Waals surface area contributed by atoms with E-state index in [2.05, 4.69) is 0 Å². The zero-order valence-corrected chi connectivity index (χ0v) is 9.42. The number of carboxylic acid groups (broad SMARTS) is 1. The quantitative estimate of drug-likeness (QED) is 0.293. The fourth-order valence-corrected chi connectivity index (χ4v) is 1.47. The standard InChI is InChI=1S/C9H17NO8/c10-3(8(15)16)2-17-9-7(14)6(13)5(12)4(1-11)18-9/h3-7,9,11-14H,1-2,10H2,(H,15,16)/t3-,4+,5-,6-,7+,9+/m0/s1. The number of aliphatic hydroxyl groups excluding tert-OH is 4. The minimum atomic E-state index is -1.57. The summed E-state index contributed by atoms with van der Waals surface area (Å²) >= 11 is 0. The number of hydrogen-bond donors (Lipinski definition) is 6. The summed E-state index contributed by atoms with van der Waals surface area (Å²) in [6.07, 6.45) is -7.09. The number of aliphatic hydroxyl groups is 4. The van der Waals surface area contributed by atoms with Gasteiger partial charge in [0.15, 0.2) is 6.29 Å². The molecule has 0 unspecified atom stereocenters. The van der Waals surface area contributed by atoms with Crippen molar-refractivity contribution >= 4 is 5.97 Å². The third kappa shape index (κ3) is 3.36. The molecule has 1 heterocycles. The zero-order valence-electron chi connectivity index (χ0n) is 9.42. The molecule has 0 aromatic rings. The fourth-order valence-electron chi connectivity index (χ4n) is 1.47. The molecule has 1 fully saturated rings. The van der Waals surface area contributed by atoms with Gasteiger partial charge in [-0.2, -0.15) is 0 Å². The summed E-state index contributed by atoms with van der Waals surface area (Å²) < 4.78 is 9.89. The van der Waals surface area contributed by atoms with Crippen LogP contribution in [0.15, 0.2) is 0 Å². The molecule has 1 aliphatic heterocycles. The Bertz CT molecular complexity index is 286. The van der Waals surface area contributed by atoms with E-state index in [0.29, 0.717) is 0 Å². The molecule has 106 valence electrons. The summed E-state index contributed by atoms with van der Waals surface area (Å²) in [5.74, 6) is -1.29. The van der Waals surface area contributed by atoms with Crippen LogP contribution < -0.4 is 5.73 Å². The van der Waals surface area contributed by atoms with Crippen molar-refractivity contribution in [2.75, 3.05) is 13.2 Å². The molecule has 9 heteroatoms. The highest BCUT2D eigenvalue weighted by Crippen LogP contribution is 2.21. The van der Waals surface area contributed by atoms with Crippen LogP contribution in [0.4, 0.5) is 0 Å². The minimum Gasteiger partial charge on any atom is -0.480 e. The lowest BCUT2D eigenvalue weighted by molar-refractivity contribution is -0.301. The van der Waals surface area contributed by atoms with Gasteiger partial charge in [0, 0.05) is 0 Å². The summed E-state index contributed by atoms with van der Waals surface area (Å²) in [7, 11) is 0. The lowest BCUT2D eigenvalue weighted by atomic mass is 9.99. The molecule has 0 saturated carbocycles. The second kappa shape index (κ2) is 6.38. The van der Waals surface area contributed by atoms with Gasteiger partial charge in [-0.15, -0.1) is 0 Å². The maximum absolute atomic E-state index is 10.5. The Morgan fingerprint density at radius 2 is 1.89 bits per heavy atom. The SMILES string of the molecule is N[C@@H](CO[C@@H]1O[C@H](CO)[C@H](O)[C@H](O)[C@H]1O)C(=O)O. The van der Waals surface area contributed by atoms with Gasteiger partial charge in [0.05, 0.1) is 13.2 Å². The Labute approximate surface area is 102 Å². The van der Waals surface area contributed by atoms with Crippen LogP contribution in [0.25, 0.3) is 0 Å². The third-order valence-electron chi connectivity index (χ3n) is 2.61. The van der Waals surface area contributed by atoms with Crippen molar-refractivity contribution < 1.29 is 39.8 Å². The molecule has 6 atom stereocenters. The molecule has 0 aromatic heterocycles. The molecule has 7 N–H and O–H groups in total. The highest BCUT2D eigenvalue weighted by Gasteiger charge is 2.44. The van der Waals surface area contributed by atoms with Crippen molar-refractivity contribution in [1.82, 2.24) is 0 Å². The summed E-state index contributed by atoms with van der Waals surface area (Å²) in [5.41, 5.74) is 5.19. The molecule has 0 spiro atoms. The summed E-state index contributed by atoms with van der Waals surface area (Å²) in [5, 5.41) is 45.9. The second-order valence-corrected chi connectivity index (χ2v) is 3.98. The van der Waals surface area contributed by atoms with Gasteiger partial charge in [-0.05, 0) is 0 Å². The van der Waals surface area contributed by atoms with Gasteiger partial charge < -0.3 is 40.7 Å². The first kappa shape index (κ1) is 15.2. The van der Waals surface area contributed by atoms with Crippen LogP contribution in [0.3, 0.4) is 0 Å². The average Bonchev–Trinajstić information content (AvgIpc) is 2.34. The lowest BCUT2D eigenvalue weighted by Crippen LogP contribution is -2.59. The van der Waals surface area contributed by atoms with Crippen molar-refractivity contribution in [3.05, 3.63) is 0 Å². The molecular formula is C9H17NO8. The number of hydrogen-bond acceptors (Lipinski definition) is 8. The molecule has 0 aromatic carbocycles. The van der Waals surface area contributed by atoms with Crippen molar-refractivity contribution in [3.8, 4) is 0 Å². The van der Waals surface area contributed by atoms with Gasteiger partial charge in [0.1, 0.15) is 30.5 Å². The molecule has 9 nitrogen and oxygen atoms in total. The predicted octanol–water partition coefficient (Wildman–Crippen LogP) is -3.79. The number of nitrogens with two attached hydrogens (primary N) is 1. The topological polar surface area (TPSA) is 163 Å². The van der Waals surface area contributed by atoms with E-state index >= 15 is 0 Å². The van der Waals surface area contributed by atoms with Crippen LogP contribution in [-0.2, 0) is 14.3 Å². The van der Waals surface area contributed by atoms with E-state index in [-0.39, 0.29) is 0 Å². The number of aliphatic carboxylic acids is 1. The number of carboxylic acids is 1. The van der Waals surface area contributed by atoms with E-state index in [4.69, 9.17) is 25.4 Å². The Hall–Kier alpha value is -0.810. The highest BCUT2D eigenvalue weighted by molar-refractivity contribution is 5.73. The first-order valence-electron chi connectivity index (χ1n) is 5.29. The molecule has 1 saturated heterocycles. The molecule has 0 bridgehead atoms. The van der Waals surface area contributed by atoms with Gasteiger partial charge in [0.25, 0.3) is 0 Å². The predicted molar refractivity (Wildman–Crippen MR) is 55.3 cm³/mol. The Balaban J connectivity index is 2.56. The smallest absolute Gasteiger partial charge is 0.322 e. The third-order valence-corrected chi connectivity index (χ3v) is 2.61. The summed E-state index contributed by atoms with van der Waals surface area (Å²) in [6.45, 7) is -1.03. The maximum Gasteiger partial charge on any atom is 0.322 e. The molecule has 0 amide bonds. The van der Waals surface area contributed by atoms with E-state index in [1.165, 1.54) is 0 Å². The lowest BCUT2D eigenvalue weighted by Gasteiger charge is -2.39. The largest absolute Gasteiger partial charge is 0.480 e. The normalized spacial score (nSPS) is 38.4. The van der Waals surface area contributed by atoms with Crippen LogP contribution in [-0.4, -0.2) is 81.5 Å². The number of ether oxygens (including phenoxy) is 2. The van der Waals surface area contributed by atoms with Gasteiger partial charge >= 0.3 is 5.97 Å². The van der Waals surface area contributed by atoms with Crippen LogP contribution in [0.1, 0.15) is 0 Å². The average molecular weight is 267 g/mol. The first-order valence-corrected chi connectivity index (χ1v) is 5.29. The van der Waals surface area contributed by atoms with Gasteiger partial charge in [-0.3, -0.25) is 4.79 Å². The Morgan fingerprint density at radius 1 is 1.28 bits per heavy atom. The summed E-state index contributed by atoms with van der Waals surface area (Å²) in [4.78, 5) is 10.5. The highest BCUT2D eigenvalue weighted by atomic mass is 16.7. The van der Waals surface area contributed by atoms with Crippen molar-refractivity contribution in [2.24, 2.45) is 5.73 Å². The minimum absolute atomic E-state index is 0.446. The van der Waals surface area contributed by atoms with Gasteiger partial charge in [-0.25, -0.2) is 0 Å². The van der Waals surface area contributed by atoms with Crippen molar-refractivity contribution in [2.45, 2.75) is 36.7 Å². The van der Waals surface area contributed by atoms with Crippen LogP contribution in [0.5, 0.6) is 0 Å². The monoisotopic (exact) mass is 267 g/mol. The van der Waals surface area contributed by atoms with Gasteiger partial charge in [-0.1, -0.05) is 0 Å². The van der Waals surface area contributed by atoms with Crippen LogP contribution >= 0.6 is 0 Å². The van der Waals surface area contributed by atoms with Crippen LogP contribution in [0, 0.1) is 0 Å². The van der Waals surface area contributed by atoms with E-state index in [1.54, 1.807) is 0 Å². The van der Waals surface area contributed by atoms with Crippen molar-refractivity contribution in [1.29, 1.82) is 0 Å². The molecule has 1 aliphatic rings. The second-order valence-electron chi connectivity index (χ2n) is 3.98. The number of rotatable bonds is 5. The van der Waals surface area contributed by atoms with E-state index in [0.717, 1.165) is 0 Å². The Morgan fingerprint density at radius 3 is 2.39 bits per heavy atom. The Kier molecular flexibility index (Phi) is 5.41. The molecule has 0 aliphatic carbocycles. The van der Waals surface area contributed by atoms with E-state index in [9.17, 15) is 20.1 Å². The molecule has 0 radical (unpaired) electrons. The molecular weight excluding hydrogens is 250 g/mol. The van der Waals surface area contributed by atoms with Crippen molar-refractivity contribution in [3.63, 3.8) is 0 Å². The molecule has 18 heavy (non-hydrogen) atoms. The van der Waals surface area contributed by atoms with E-state index < -0.39 is 55.9 Å². The fraction of sp³-hybridized carbons (Fsp3) is 0.889. The molecule has 1 rings (SSSR count). The summed E-state index contributed by atoms with van der Waals surface area (Å²) in [6, 6.07) is -1.31. The number of carbonyl (C=O) groups is 1.